The van der Waals surface area contributed by atoms with Crippen LogP contribution in [0.15, 0.2) is 12.1 Å². The quantitative estimate of drug-likeness (QED) is 0.513. The summed E-state index contributed by atoms with van der Waals surface area (Å²) in [5, 5.41) is 0. The molecule has 10 heavy (non-hydrogen) atoms. The molecule has 0 aliphatic rings. The summed E-state index contributed by atoms with van der Waals surface area (Å²) in [6.45, 7) is 8.12. The second-order valence-corrected chi connectivity index (χ2v) is 2.89. The van der Waals surface area contributed by atoms with E-state index < -0.39 is 0 Å². The average Bonchev–Trinajstić information content (AvgIpc) is 1.97. The maximum atomic E-state index is 7.73. The number of rotatable bonds is 0. The Labute approximate surface area is 64.3 Å². The Hall–Kier alpha value is -0.780. The number of aryl methyl sites for hydroxylation is 2. The van der Waals surface area contributed by atoms with Crippen LogP contribution in [0.1, 0.15) is 23.6 Å². The first-order valence-corrected chi connectivity index (χ1v) is 3.58. The molecule has 0 aliphatic heterocycles. The van der Waals surface area contributed by atoms with Crippen molar-refractivity contribution in [2.75, 3.05) is 0 Å². The monoisotopic (exact) mass is 135 g/mol. The highest BCUT2D eigenvalue weighted by Crippen LogP contribution is 2.13. The van der Waals surface area contributed by atoms with Crippen molar-refractivity contribution in [1.29, 1.82) is 0 Å². The fourth-order valence-electron chi connectivity index (χ4n) is 1.02. The molecule has 0 saturated heterocycles. The predicted molar refractivity (Wildman–Crippen MR) is 45.4 cm³/mol. The molecule has 0 nitrogen and oxygen atoms in total. The molecule has 0 spiro atoms. The molecule has 0 fully saturated rings. The molecule has 0 N–H and O–H groups in total. The molecule has 0 bridgehead atoms. The van der Waals surface area contributed by atoms with Crippen molar-refractivity contribution in [2.24, 2.45) is 0 Å². The smallest absolute Gasteiger partial charge is 0.0559 e. The zero-order valence-electron chi connectivity index (χ0n) is 8.08. The minimum atomic E-state index is 0.697. The lowest BCUT2D eigenvalue weighted by Crippen LogP contribution is -1.86. The molecule has 1 aromatic carbocycles. The van der Waals surface area contributed by atoms with E-state index in [1.54, 1.807) is 0 Å². The van der Waals surface area contributed by atoms with Crippen molar-refractivity contribution in [3.8, 4) is 0 Å². The van der Waals surface area contributed by atoms with Gasteiger partial charge in [0.15, 0.2) is 0 Å². The summed E-state index contributed by atoms with van der Waals surface area (Å²) in [6.07, 6.45) is 0. The van der Waals surface area contributed by atoms with Gasteiger partial charge in [-0.3, -0.25) is 0 Å². The topological polar surface area (TPSA) is 0 Å². The Bertz CT molecular complexity index is 261. The van der Waals surface area contributed by atoms with Crippen molar-refractivity contribution in [1.82, 2.24) is 0 Å². The summed E-state index contributed by atoms with van der Waals surface area (Å²) >= 11 is 0. The van der Waals surface area contributed by atoms with Gasteiger partial charge < -0.3 is 0 Å². The molecule has 0 aliphatic carbocycles. The maximum absolute atomic E-state index is 7.73. The van der Waals surface area contributed by atoms with E-state index in [4.69, 9.17) is 1.37 Å². The van der Waals surface area contributed by atoms with Gasteiger partial charge in [0.05, 0.1) is 1.37 Å². The standard InChI is InChI=1S/C10H14/c1-7-5-9(3)10(4)6-8(7)2/h5-6H,1-4H3/i5D. The van der Waals surface area contributed by atoms with Crippen LogP contribution in [0.3, 0.4) is 0 Å². The Morgan fingerprint density at radius 2 is 1.30 bits per heavy atom. The molecule has 0 heterocycles. The molecule has 54 valence electrons. The van der Waals surface area contributed by atoms with Gasteiger partial charge in [-0.25, -0.2) is 0 Å². The van der Waals surface area contributed by atoms with E-state index >= 15 is 0 Å². The second-order valence-electron chi connectivity index (χ2n) is 2.89. The van der Waals surface area contributed by atoms with E-state index in [1.807, 2.05) is 13.8 Å². The van der Waals surface area contributed by atoms with Crippen molar-refractivity contribution in [3.63, 3.8) is 0 Å². The number of benzene rings is 1. The van der Waals surface area contributed by atoms with Gasteiger partial charge in [0.25, 0.3) is 0 Å². The molecule has 0 heteroatoms. The van der Waals surface area contributed by atoms with Gasteiger partial charge in [-0.1, -0.05) is 12.1 Å². The second kappa shape index (κ2) is 2.45. The number of hydrogen-bond acceptors (Lipinski definition) is 0. The molecular weight excluding hydrogens is 120 g/mol. The number of hydrogen-bond donors (Lipinski definition) is 0. The highest BCUT2D eigenvalue weighted by molar-refractivity contribution is 5.35. The lowest BCUT2D eigenvalue weighted by Gasteiger charge is -2.04. The van der Waals surface area contributed by atoms with E-state index in [-0.39, 0.29) is 0 Å². The van der Waals surface area contributed by atoms with Gasteiger partial charge in [0.1, 0.15) is 0 Å². The normalized spacial score (nSPS) is 11.4. The molecule has 1 aromatic rings. The van der Waals surface area contributed by atoms with E-state index in [2.05, 4.69) is 19.9 Å². The zero-order chi connectivity index (χ0) is 8.59. The minimum absolute atomic E-state index is 0.697. The van der Waals surface area contributed by atoms with Gasteiger partial charge >= 0.3 is 0 Å². The van der Waals surface area contributed by atoms with Crippen molar-refractivity contribution < 1.29 is 1.37 Å². The van der Waals surface area contributed by atoms with Crippen LogP contribution < -0.4 is 0 Å². The first kappa shape index (κ1) is 5.96. The summed E-state index contributed by atoms with van der Waals surface area (Å²) in [4.78, 5) is 0. The van der Waals surface area contributed by atoms with Crippen LogP contribution >= 0.6 is 0 Å². The summed E-state index contributed by atoms with van der Waals surface area (Å²) in [7, 11) is 0. The average molecular weight is 135 g/mol. The summed E-state index contributed by atoms with van der Waals surface area (Å²) in [5.74, 6) is 0. The third-order valence-electron chi connectivity index (χ3n) is 1.99. The van der Waals surface area contributed by atoms with Gasteiger partial charge in [-0.05, 0) is 49.9 Å². The summed E-state index contributed by atoms with van der Waals surface area (Å²) in [6, 6.07) is 2.84. The predicted octanol–water partition coefficient (Wildman–Crippen LogP) is 2.92. The van der Waals surface area contributed by atoms with Crippen molar-refractivity contribution in [2.45, 2.75) is 27.7 Å². The molecule has 0 amide bonds. The van der Waals surface area contributed by atoms with Crippen molar-refractivity contribution in [3.05, 3.63) is 34.4 Å². The van der Waals surface area contributed by atoms with Gasteiger partial charge in [0, 0.05) is 0 Å². The van der Waals surface area contributed by atoms with Gasteiger partial charge in [-0.2, -0.15) is 0 Å². The van der Waals surface area contributed by atoms with Gasteiger partial charge in [0.2, 0.25) is 0 Å². The third kappa shape index (κ3) is 1.21. The first-order valence-electron chi connectivity index (χ1n) is 4.08. The molecule has 0 saturated carbocycles. The molecule has 0 aromatic heterocycles. The molecule has 1 rings (SSSR count). The van der Waals surface area contributed by atoms with E-state index in [0.29, 0.717) is 6.04 Å². The molecular formula is C10H14. The molecule has 0 unspecified atom stereocenters. The lowest BCUT2D eigenvalue weighted by molar-refractivity contribution is 1.24. The van der Waals surface area contributed by atoms with E-state index in [9.17, 15) is 0 Å². The van der Waals surface area contributed by atoms with Crippen LogP contribution in [0, 0.1) is 27.7 Å². The summed E-state index contributed by atoms with van der Waals surface area (Å²) in [5.41, 5.74) is 4.65. The third-order valence-corrected chi connectivity index (χ3v) is 1.99. The molecule has 0 radical (unpaired) electrons. The zero-order valence-corrected chi connectivity index (χ0v) is 7.08. The fourth-order valence-corrected chi connectivity index (χ4v) is 1.02. The SMILES string of the molecule is [2H]c1c(C)c(C)cc(C)c1C. The highest BCUT2D eigenvalue weighted by Gasteiger charge is 1.95. The largest absolute Gasteiger partial charge is 0.0629 e. The Morgan fingerprint density at radius 3 is 1.70 bits per heavy atom. The Kier molecular flexibility index (Phi) is 1.46. The Balaban J connectivity index is 3.46. The van der Waals surface area contributed by atoms with E-state index in [0.717, 1.165) is 11.1 Å². The van der Waals surface area contributed by atoms with Crippen LogP contribution in [0.4, 0.5) is 0 Å². The van der Waals surface area contributed by atoms with E-state index in [1.165, 1.54) is 11.1 Å². The fraction of sp³-hybridized carbons (Fsp3) is 0.400. The summed E-state index contributed by atoms with van der Waals surface area (Å²) < 4.78 is 7.73. The van der Waals surface area contributed by atoms with Crippen LogP contribution in [-0.4, -0.2) is 0 Å². The van der Waals surface area contributed by atoms with Gasteiger partial charge in [-0.15, -0.1) is 0 Å². The highest BCUT2D eigenvalue weighted by atomic mass is 14.0. The lowest BCUT2D eigenvalue weighted by atomic mass is 10.0. The van der Waals surface area contributed by atoms with Crippen LogP contribution in [0.2, 0.25) is 0 Å². The van der Waals surface area contributed by atoms with Crippen molar-refractivity contribution >= 4 is 0 Å². The minimum Gasteiger partial charge on any atom is -0.0559 e. The first-order chi connectivity index (χ1) is 5.04. The Morgan fingerprint density at radius 1 is 0.900 bits per heavy atom. The van der Waals surface area contributed by atoms with Crippen LogP contribution in [0.5, 0.6) is 0 Å². The molecule has 0 atom stereocenters. The van der Waals surface area contributed by atoms with Crippen LogP contribution in [0.25, 0.3) is 0 Å². The van der Waals surface area contributed by atoms with Crippen LogP contribution in [-0.2, 0) is 0 Å². The maximum Gasteiger partial charge on any atom is 0.0629 e.